The normalized spacial score (nSPS) is 12.1. The van der Waals surface area contributed by atoms with E-state index >= 15 is 0 Å². The summed E-state index contributed by atoms with van der Waals surface area (Å²) in [4.78, 5) is 0. The highest BCUT2D eigenvalue weighted by atomic mass is 19.3. The molecule has 0 spiro atoms. The monoisotopic (exact) mass is 388 g/mol. The number of ether oxygens (including phenoxy) is 1. The minimum atomic E-state index is -4.35. The molecule has 5 heteroatoms. The molecular formula is C23H20F4O. The molecule has 0 amide bonds. The number of benzene rings is 3. The highest BCUT2D eigenvalue weighted by molar-refractivity contribution is 5.35. The van der Waals surface area contributed by atoms with Gasteiger partial charge in [0.05, 0.1) is 0 Å². The molecule has 0 aromatic heterocycles. The van der Waals surface area contributed by atoms with Crippen molar-refractivity contribution in [2.75, 3.05) is 0 Å². The molecule has 1 nitrogen and oxygen atoms in total. The van der Waals surface area contributed by atoms with Crippen molar-refractivity contribution in [1.82, 2.24) is 0 Å². The quantitative estimate of drug-likeness (QED) is 0.424. The van der Waals surface area contributed by atoms with E-state index in [0.717, 1.165) is 41.0 Å². The Hall–Kier alpha value is -2.82. The molecule has 0 saturated heterocycles. The number of rotatable bonds is 6. The first-order valence-electron chi connectivity index (χ1n) is 8.82. The molecule has 0 heterocycles. The van der Waals surface area contributed by atoms with Gasteiger partial charge in [0.15, 0.2) is 0 Å². The molecule has 3 rings (SSSR count). The number of halogens is 4. The van der Waals surface area contributed by atoms with Gasteiger partial charge >= 0.3 is 11.8 Å². The molecule has 0 radical (unpaired) electrons. The van der Waals surface area contributed by atoms with Crippen LogP contribution in [-0.4, -0.2) is 0 Å². The van der Waals surface area contributed by atoms with E-state index in [2.05, 4.69) is 0 Å². The Kier molecular flexibility index (Phi) is 5.45. The number of hydrogen-bond donors (Lipinski definition) is 0. The third-order valence-electron chi connectivity index (χ3n) is 4.55. The van der Waals surface area contributed by atoms with Gasteiger partial charge < -0.3 is 4.74 Å². The lowest BCUT2D eigenvalue weighted by atomic mass is 9.95. The molecular weight excluding hydrogens is 368 g/mol. The van der Waals surface area contributed by atoms with Crippen molar-refractivity contribution in [2.45, 2.75) is 32.3 Å². The van der Waals surface area contributed by atoms with Crippen molar-refractivity contribution in [2.24, 2.45) is 0 Å². The highest BCUT2D eigenvalue weighted by Crippen LogP contribution is 2.49. The fourth-order valence-electron chi connectivity index (χ4n) is 2.74. The second-order valence-corrected chi connectivity index (χ2v) is 6.81. The maximum atomic E-state index is 14.5. The van der Waals surface area contributed by atoms with Crippen LogP contribution in [0, 0.1) is 13.8 Å². The molecule has 0 N–H and O–H groups in total. The van der Waals surface area contributed by atoms with Gasteiger partial charge in [-0.15, -0.1) is 0 Å². The summed E-state index contributed by atoms with van der Waals surface area (Å²) in [6.07, 6.45) is 0. The second-order valence-electron chi connectivity index (χ2n) is 6.81. The second kappa shape index (κ2) is 7.66. The first-order chi connectivity index (χ1) is 13.2. The zero-order valence-electron chi connectivity index (χ0n) is 15.6. The summed E-state index contributed by atoms with van der Waals surface area (Å²) in [5.74, 6) is -8.35. The average Bonchev–Trinajstić information content (AvgIpc) is 2.68. The van der Waals surface area contributed by atoms with E-state index in [-0.39, 0.29) is 6.61 Å². The van der Waals surface area contributed by atoms with Crippen molar-refractivity contribution < 1.29 is 22.3 Å². The van der Waals surface area contributed by atoms with Crippen LogP contribution in [0.3, 0.4) is 0 Å². The van der Waals surface area contributed by atoms with Crippen LogP contribution in [0.5, 0.6) is 5.75 Å². The van der Waals surface area contributed by atoms with Gasteiger partial charge in [0.1, 0.15) is 12.4 Å². The molecule has 28 heavy (non-hydrogen) atoms. The first kappa shape index (κ1) is 19.9. The summed E-state index contributed by atoms with van der Waals surface area (Å²) in [5, 5.41) is 0. The SMILES string of the molecule is Cc1ccc(COc2ccc(C(F)(F)C(F)(F)c3ccc(C)cc3)cc2)cc1. The molecule has 0 aliphatic heterocycles. The van der Waals surface area contributed by atoms with Gasteiger partial charge in [-0.25, -0.2) is 0 Å². The van der Waals surface area contributed by atoms with Crippen LogP contribution in [-0.2, 0) is 18.5 Å². The lowest BCUT2D eigenvalue weighted by molar-refractivity contribution is -0.223. The Morgan fingerprint density at radius 1 is 0.607 bits per heavy atom. The number of aryl methyl sites for hydroxylation is 2. The summed E-state index contributed by atoms with van der Waals surface area (Å²) in [7, 11) is 0. The summed E-state index contributed by atoms with van der Waals surface area (Å²) in [6, 6.07) is 17.0. The molecule has 3 aromatic carbocycles. The van der Waals surface area contributed by atoms with Crippen LogP contribution in [0.15, 0.2) is 72.8 Å². The van der Waals surface area contributed by atoms with Gasteiger partial charge in [-0.2, -0.15) is 17.6 Å². The van der Waals surface area contributed by atoms with Gasteiger partial charge in [-0.3, -0.25) is 0 Å². The van der Waals surface area contributed by atoms with E-state index in [0.29, 0.717) is 5.75 Å². The van der Waals surface area contributed by atoms with Gasteiger partial charge in [-0.1, -0.05) is 59.7 Å². The van der Waals surface area contributed by atoms with E-state index in [4.69, 9.17) is 4.74 Å². The maximum Gasteiger partial charge on any atom is 0.339 e. The molecule has 0 fully saturated rings. The van der Waals surface area contributed by atoms with Crippen LogP contribution in [0.4, 0.5) is 17.6 Å². The van der Waals surface area contributed by atoms with Crippen molar-refractivity contribution in [3.05, 3.63) is 101 Å². The number of alkyl halides is 4. The van der Waals surface area contributed by atoms with Gasteiger partial charge in [0.2, 0.25) is 0 Å². The van der Waals surface area contributed by atoms with Gasteiger partial charge in [-0.05, 0) is 43.7 Å². The van der Waals surface area contributed by atoms with E-state index in [1.807, 2.05) is 31.2 Å². The Morgan fingerprint density at radius 2 is 1.00 bits per heavy atom. The van der Waals surface area contributed by atoms with Crippen LogP contribution in [0.2, 0.25) is 0 Å². The highest BCUT2D eigenvalue weighted by Gasteiger charge is 2.58. The summed E-state index contributed by atoms with van der Waals surface area (Å²) in [6.45, 7) is 3.93. The molecule has 3 aromatic rings. The lowest BCUT2D eigenvalue weighted by Crippen LogP contribution is -2.35. The van der Waals surface area contributed by atoms with E-state index in [1.165, 1.54) is 24.3 Å². The van der Waals surface area contributed by atoms with Crippen molar-refractivity contribution in [3.8, 4) is 5.75 Å². The zero-order valence-corrected chi connectivity index (χ0v) is 15.6. The predicted molar refractivity (Wildman–Crippen MR) is 101 cm³/mol. The Balaban J connectivity index is 1.75. The molecule has 0 atom stereocenters. The summed E-state index contributed by atoms with van der Waals surface area (Å²) in [5.41, 5.74) is 1.28. The van der Waals surface area contributed by atoms with Crippen LogP contribution >= 0.6 is 0 Å². The first-order valence-corrected chi connectivity index (χ1v) is 8.82. The van der Waals surface area contributed by atoms with Crippen molar-refractivity contribution in [1.29, 1.82) is 0 Å². The van der Waals surface area contributed by atoms with E-state index in [1.54, 1.807) is 6.92 Å². The van der Waals surface area contributed by atoms with E-state index in [9.17, 15) is 17.6 Å². The standard InChI is InChI=1S/C23H20F4O/c1-16-3-7-18(8-4-16)15-28-21-13-11-20(12-14-21)23(26,27)22(24,25)19-9-5-17(2)6-10-19/h3-14H,15H2,1-2H3. The fourth-order valence-corrected chi connectivity index (χ4v) is 2.74. The zero-order chi connectivity index (χ0) is 20.4. The topological polar surface area (TPSA) is 9.23 Å². The summed E-state index contributed by atoms with van der Waals surface area (Å²) >= 11 is 0. The minimum Gasteiger partial charge on any atom is -0.489 e. The third-order valence-corrected chi connectivity index (χ3v) is 4.55. The van der Waals surface area contributed by atoms with Crippen LogP contribution in [0.1, 0.15) is 27.8 Å². The van der Waals surface area contributed by atoms with E-state index < -0.39 is 23.0 Å². The Bertz CT molecular complexity index is 914. The Labute approximate surface area is 161 Å². The molecule has 0 saturated carbocycles. The Morgan fingerprint density at radius 3 is 1.46 bits per heavy atom. The smallest absolute Gasteiger partial charge is 0.339 e. The molecule has 0 aliphatic carbocycles. The predicted octanol–water partition coefficient (Wildman–Crippen LogP) is 6.77. The average molecular weight is 388 g/mol. The molecule has 0 unspecified atom stereocenters. The molecule has 0 aliphatic rings. The molecule has 146 valence electrons. The molecule has 0 bridgehead atoms. The van der Waals surface area contributed by atoms with Crippen molar-refractivity contribution in [3.63, 3.8) is 0 Å². The van der Waals surface area contributed by atoms with Crippen molar-refractivity contribution >= 4 is 0 Å². The summed E-state index contributed by atoms with van der Waals surface area (Å²) < 4.78 is 63.6. The van der Waals surface area contributed by atoms with Crippen LogP contribution in [0.25, 0.3) is 0 Å². The fraction of sp³-hybridized carbons (Fsp3) is 0.217. The van der Waals surface area contributed by atoms with Gasteiger partial charge in [0.25, 0.3) is 0 Å². The minimum absolute atomic E-state index is 0.259. The van der Waals surface area contributed by atoms with Gasteiger partial charge in [0, 0.05) is 11.1 Å². The lowest BCUT2D eigenvalue weighted by Gasteiger charge is -2.27. The maximum absolute atomic E-state index is 14.5. The number of hydrogen-bond acceptors (Lipinski definition) is 1. The largest absolute Gasteiger partial charge is 0.489 e. The van der Waals surface area contributed by atoms with Crippen LogP contribution < -0.4 is 4.74 Å². The third kappa shape index (κ3) is 4.03.